The van der Waals surface area contributed by atoms with Gasteiger partial charge in [0.2, 0.25) is 5.91 Å². The van der Waals surface area contributed by atoms with Crippen molar-refractivity contribution in [3.8, 4) is 0 Å². The molecule has 0 aliphatic carbocycles. The van der Waals surface area contributed by atoms with Gasteiger partial charge >= 0.3 is 0 Å². The molecule has 0 aliphatic rings. The summed E-state index contributed by atoms with van der Waals surface area (Å²) < 4.78 is 0. The molecule has 0 aliphatic heterocycles. The number of azide groups is 1. The van der Waals surface area contributed by atoms with Crippen molar-refractivity contribution in [2.24, 2.45) is 5.11 Å². The summed E-state index contributed by atoms with van der Waals surface area (Å²) in [7, 11) is 0. The Morgan fingerprint density at radius 1 is 1.50 bits per heavy atom. The fourth-order valence-electron chi connectivity index (χ4n) is 0.898. The lowest BCUT2D eigenvalue weighted by molar-refractivity contribution is -0.117. The quantitative estimate of drug-likeness (QED) is 0.443. The second kappa shape index (κ2) is 4.89. The third-order valence-corrected chi connectivity index (χ3v) is 1.65. The summed E-state index contributed by atoms with van der Waals surface area (Å²) in [6.45, 7) is 1.54. The molecule has 72 valence electrons. The minimum Gasteiger partial charge on any atom is -0.326 e. The summed E-state index contributed by atoms with van der Waals surface area (Å²) in [6, 6.07) is 8.32. The van der Waals surface area contributed by atoms with Crippen molar-refractivity contribution in [1.82, 2.24) is 0 Å². The number of amides is 1. The van der Waals surface area contributed by atoms with Crippen LogP contribution < -0.4 is 5.32 Å². The number of nitrogens with one attached hydrogen (secondary N) is 1. The molecular weight excluding hydrogens is 180 g/mol. The molecule has 0 radical (unpaired) electrons. The first-order chi connectivity index (χ1) is 6.74. The molecule has 0 unspecified atom stereocenters. The maximum Gasteiger partial charge on any atom is 0.233 e. The summed E-state index contributed by atoms with van der Waals surface area (Å²) >= 11 is 0. The molecule has 14 heavy (non-hydrogen) atoms. The Morgan fingerprint density at radius 3 is 2.71 bits per heavy atom. The average Bonchev–Trinajstić information content (AvgIpc) is 2.19. The summed E-state index contributed by atoms with van der Waals surface area (Å²) in [5.74, 6) is -0.311. The summed E-state index contributed by atoms with van der Waals surface area (Å²) in [6.07, 6.45) is 0. The minimum atomic E-state index is -0.694. The van der Waals surface area contributed by atoms with Crippen LogP contribution in [0, 0.1) is 0 Å². The van der Waals surface area contributed by atoms with Crippen LogP contribution in [0.5, 0.6) is 0 Å². The van der Waals surface area contributed by atoms with Gasteiger partial charge in [-0.05, 0) is 24.6 Å². The Morgan fingerprint density at radius 2 is 2.14 bits per heavy atom. The first-order valence-corrected chi connectivity index (χ1v) is 4.14. The van der Waals surface area contributed by atoms with E-state index in [4.69, 9.17) is 5.53 Å². The highest BCUT2D eigenvalue weighted by atomic mass is 16.2. The van der Waals surface area contributed by atoms with Crippen LogP contribution >= 0.6 is 0 Å². The second-order valence-corrected chi connectivity index (χ2v) is 2.74. The third kappa shape index (κ3) is 2.80. The standard InChI is InChI=1S/C9H10N4O/c1-7(12-13-10)9(14)11-8-5-3-2-4-6-8/h2-7H,1H3,(H,11,14)/t7-/m0/s1. The number of hydrogen-bond donors (Lipinski definition) is 1. The average molecular weight is 190 g/mol. The highest BCUT2D eigenvalue weighted by Crippen LogP contribution is 2.06. The van der Waals surface area contributed by atoms with Gasteiger partial charge in [-0.3, -0.25) is 4.79 Å². The predicted molar refractivity (Wildman–Crippen MR) is 53.7 cm³/mol. The fourth-order valence-corrected chi connectivity index (χ4v) is 0.898. The number of carbonyl (C=O) groups excluding carboxylic acids is 1. The number of anilines is 1. The van der Waals surface area contributed by atoms with Gasteiger partial charge in [0.15, 0.2) is 0 Å². The highest BCUT2D eigenvalue weighted by molar-refractivity contribution is 5.94. The Bertz CT molecular complexity index is 356. The lowest BCUT2D eigenvalue weighted by atomic mass is 10.3. The van der Waals surface area contributed by atoms with E-state index in [1.54, 1.807) is 12.1 Å². The molecule has 0 heterocycles. The topological polar surface area (TPSA) is 77.9 Å². The van der Waals surface area contributed by atoms with E-state index >= 15 is 0 Å². The Kier molecular flexibility index (Phi) is 3.52. The predicted octanol–water partition coefficient (Wildman–Crippen LogP) is 2.32. The van der Waals surface area contributed by atoms with Crippen molar-refractivity contribution in [1.29, 1.82) is 0 Å². The van der Waals surface area contributed by atoms with Crippen molar-refractivity contribution in [3.63, 3.8) is 0 Å². The zero-order chi connectivity index (χ0) is 10.4. The van der Waals surface area contributed by atoms with E-state index in [-0.39, 0.29) is 5.91 Å². The van der Waals surface area contributed by atoms with E-state index < -0.39 is 6.04 Å². The van der Waals surface area contributed by atoms with Gasteiger partial charge in [-0.25, -0.2) is 0 Å². The lowest BCUT2D eigenvalue weighted by Gasteiger charge is -2.06. The largest absolute Gasteiger partial charge is 0.326 e. The Labute approximate surface area is 81.4 Å². The van der Waals surface area contributed by atoms with Crippen LogP contribution in [0.1, 0.15) is 6.92 Å². The number of nitrogens with zero attached hydrogens (tertiary/aromatic N) is 3. The molecule has 0 saturated carbocycles. The van der Waals surface area contributed by atoms with Gasteiger partial charge in [0.25, 0.3) is 0 Å². The van der Waals surface area contributed by atoms with Crippen LogP contribution in [0.3, 0.4) is 0 Å². The number of carbonyl (C=O) groups is 1. The van der Waals surface area contributed by atoms with E-state index in [0.717, 1.165) is 0 Å². The van der Waals surface area contributed by atoms with E-state index in [1.165, 1.54) is 6.92 Å². The van der Waals surface area contributed by atoms with E-state index in [1.807, 2.05) is 18.2 Å². The van der Waals surface area contributed by atoms with Crippen molar-refractivity contribution in [2.45, 2.75) is 13.0 Å². The molecule has 1 atom stereocenters. The molecule has 1 amide bonds. The van der Waals surface area contributed by atoms with Crippen LogP contribution in [0.15, 0.2) is 35.4 Å². The van der Waals surface area contributed by atoms with E-state index in [0.29, 0.717) is 5.69 Å². The van der Waals surface area contributed by atoms with Crippen LogP contribution in [0.4, 0.5) is 5.69 Å². The van der Waals surface area contributed by atoms with Crippen molar-refractivity contribution in [3.05, 3.63) is 40.8 Å². The van der Waals surface area contributed by atoms with Crippen molar-refractivity contribution >= 4 is 11.6 Å². The molecular formula is C9H10N4O. The van der Waals surface area contributed by atoms with Crippen molar-refractivity contribution in [2.75, 3.05) is 5.32 Å². The lowest BCUT2D eigenvalue weighted by Crippen LogP contribution is -2.22. The molecule has 0 saturated heterocycles. The molecule has 0 bridgehead atoms. The highest BCUT2D eigenvalue weighted by Gasteiger charge is 2.09. The number of benzene rings is 1. The molecule has 5 nitrogen and oxygen atoms in total. The zero-order valence-corrected chi connectivity index (χ0v) is 7.71. The molecule has 0 aromatic heterocycles. The van der Waals surface area contributed by atoms with Gasteiger partial charge in [-0.1, -0.05) is 23.3 Å². The zero-order valence-electron chi connectivity index (χ0n) is 7.71. The molecule has 1 aromatic rings. The molecule has 1 rings (SSSR count). The van der Waals surface area contributed by atoms with Crippen LogP contribution in [-0.4, -0.2) is 11.9 Å². The van der Waals surface area contributed by atoms with Gasteiger partial charge in [-0.15, -0.1) is 0 Å². The summed E-state index contributed by atoms with van der Waals surface area (Å²) in [4.78, 5) is 13.9. The van der Waals surface area contributed by atoms with Crippen molar-refractivity contribution < 1.29 is 4.79 Å². The van der Waals surface area contributed by atoms with Gasteiger partial charge < -0.3 is 5.32 Å². The van der Waals surface area contributed by atoms with Gasteiger partial charge in [0.1, 0.15) is 6.04 Å². The van der Waals surface area contributed by atoms with Gasteiger partial charge in [-0.2, -0.15) is 0 Å². The molecule has 1 aromatic carbocycles. The Hall–Kier alpha value is -2.00. The van der Waals surface area contributed by atoms with Gasteiger partial charge in [0, 0.05) is 10.6 Å². The van der Waals surface area contributed by atoms with Crippen LogP contribution in [-0.2, 0) is 4.79 Å². The molecule has 5 heteroatoms. The Balaban J connectivity index is 2.62. The minimum absolute atomic E-state index is 0.311. The fraction of sp³-hybridized carbons (Fsp3) is 0.222. The number of rotatable bonds is 3. The first kappa shape index (κ1) is 10.1. The molecule has 1 N–H and O–H groups in total. The number of hydrogen-bond acceptors (Lipinski definition) is 2. The van der Waals surface area contributed by atoms with Gasteiger partial charge in [0.05, 0.1) is 0 Å². The maximum atomic E-state index is 11.3. The second-order valence-electron chi connectivity index (χ2n) is 2.74. The monoisotopic (exact) mass is 190 g/mol. The maximum absolute atomic E-state index is 11.3. The number of para-hydroxylation sites is 1. The molecule has 0 fully saturated rings. The van der Waals surface area contributed by atoms with E-state index in [9.17, 15) is 4.79 Å². The third-order valence-electron chi connectivity index (χ3n) is 1.65. The van der Waals surface area contributed by atoms with E-state index in [2.05, 4.69) is 15.3 Å². The van der Waals surface area contributed by atoms with Crippen LogP contribution in [0.2, 0.25) is 0 Å². The summed E-state index contributed by atoms with van der Waals surface area (Å²) in [5, 5.41) is 5.91. The molecule has 0 spiro atoms. The normalized spacial score (nSPS) is 11.2. The summed E-state index contributed by atoms with van der Waals surface area (Å²) in [5.41, 5.74) is 8.82. The SMILES string of the molecule is C[C@H](N=[N+]=[N-])C(=O)Nc1ccccc1. The van der Waals surface area contributed by atoms with Crippen LogP contribution in [0.25, 0.3) is 10.4 Å². The first-order valence-electron chi connectivity index (χ1n) is 4.14. The smallest absolute Gasteiger partial charge is 0.233 e.